The molecule has 0 saturated heterocycles. The minimum atomic E-state index is -0.970. The predicted molar refractivity (Wildman–Crippen MR) is 185 cm³/mol. The van der Waals surface area contributed by atoms with Crippen molar-refractivity contribution in [3.8, 4) is 5.75 Å². The lowest BCUT2D eigenvalue weighted by atomic mass is 9.79. The first kappa shape index (κ1) is 36.1. The normalized spacial score (nSPS) is 15.5. The fraction of sp³-hybridized carbons (Fsp3) is 0.263. The van der Waals surface area contributed by atoms with E-state index in [-0.39, 0.29) is 34.5 Å². The number of dihydropyridines is 1. The van der Waals surface area contributed by atoms with Gasteiger partial charge in [0.2, 0.25) is 0 Å². The van der Waals surface area contributed by atoms with Crippen LogP contribution in [-0.2, 0) is 30.2 Å². The predicted octanol–water partition coefficient (Wildman–Crippen LogP) is 5.91. The second-order valence-corrected chi connectivity index (χ2v) is 12.4. The maximum Gasteiger partial charge on any atom is 0.338 e. The highest BCUT2D eigenvalue weighted by atomic mass is 16.6. The lowest BCUT2D eigenvalue weighted by Crippen LogP contribution is -2.43. The van der Waals surface area contributed by atoms with Crippen LogP contribution in [0, 0.1) is 10.1 Å². The van der Waals surface area contributed by atoms with Crippen molar-refractivity contribution in [1.82, 2.24) is 5.32 Å². The number of rotatable bonds is 7. The van der Waals surface area contributed by atoms with Gasteiger partial charge in [0.25, 0.3) is 5.69 Å². The molecule has 0 fully saturated rings. The van der Waals surface area contributed by atoms with Gasteiger partial charge in [0.15, 0.2) is 0 Å². The summed E-state index contributed by atoms with van der Waals surface area (Å²) in [5.74, 6) is -2.06. The van der Waals surface area contributed by atoms with Gasteiger partial charge < -0.3 is 28.7 Å². The molecule has 4 aromatic rings. The third kappa shape index (κ3) is 7.52. The zero-order chi connectivity index (χ0) is 37.0. The number of nitro groups is 1. The van der Waals surface area contributed by atoms with Crippen LogP contribution in [-0.4, -0.2) is 48.8 Å². The number of hydrogen-bond donors (Lipinski definition) is 1. The van der Waals surface area contributed by atoms with Crippen molar-refractivity contribution in [2.45, 2.75) is 51.7 Å². The number of methoxy groups -OCH3 is 2. The van der Waals surface area contributed by atoms with Crippen LogP contribution in [0.2, 0.25) is 0 Å². The number of nitrogens with one attached hydrogen (secondary N) is 1. The molecule has 3 aromatic carbocycles. The van der Waals surface area contributed by atoms with E-state index in [4.69, 9.17) is 23.4 Å². The average molecular weight is 697 g/mol. The Kier molecular flexibility index (Phi) is 10.4. The second kappa shape index (κ2) is 14.7. The minimum absolute atomic E-state index is 0.128. The van der Waals surface area contributed by atoms with Crippen LogP contribution < -0.4 is 15.7 Å². The van der Waals surface area contributed by atoms with Crippen LogP contribution in [0.15, 0.2) is 111 Å². The van der Waals surface area contributed by atoms with Gasteiger partial charge in [0.1, 0.15) is 23.0 Å². The lowest BCUT2D eigenvalue weighted by molar-refractivity contribution is -0.385. The highest BCUT2D eigenvalue weighted by Gasteiger charge is 2.41. The summed E-state index contributed by atoms with van der Waals surface area (Å²) in [6.45, 7) is 6.96. The Balaban J connectivity index is 0.000000198. The van der Waals surface area contributed by atoms with Crippen molar-refractivity contribution in [3.05, 3.63) is 139 Å². The Morgan fingerprint density at radius 3 is 2.08 bits per heavy atom. The first-order valence-electron chi connectivity index (χ1n) is 15.9. The van der Waals surface area contributed by atoms with Gasteiger partial charge in [-0.25, -0.2) is 19.2 Å². The fourth-order valence-electron chi connectivity index (χ4n) is 6.10. The molecule has 2 aliphatic rings. The molecular weight excluding hydrogens is 660 g/mol. The second-order valence-electron chi connectivity index (χ2n) is 12.4. The van der Waals surface area contributed by atoms with E-state index in [1.807, 2.05) is 26.0 Å². The van der Waals surface area contributed by atoms with Gasteiger partial charge >= 0.3 is 23.5 Å². The molecule has 1 atom stereocenters. The Morgan fingerprint density at radius 1 is 0.863 bits per heavy atom. The van der Waals surface area contributed by atoms with E-state index in [0.29, 0.717) is 34.7 Å². The van der Waals surface area contributed by atoms with Crippen LogP contribution in [0.1, 0.15) is 55.1 Å². The summed E-state index contributed by atoms with van der Waals surface area (Å²) in [6, 6.07) is 21.6. The lowest BCUT2D eigenvalue weighted by Gasteiger charge is -2.30. The van der Waals surface area contributed by atoms with Crippen molar-refractivity contribution in [2.24, 2.45) is 0 Å². The molecule has 0 radical (unpaired) electrons. The van der Waals surface area contributed by atoms with Gasteiger partial charge in [0.05, 0.1) is 41.8 Å². The maximum atomic E-state index is 12.4. The van der Waals surface area contributed by atoms with Gasteiger partial charge in [-0.1, -0.05) is 36.4 Å². The molecule has 264 valence electrons. The monoisotopic (exact) mass is 696 g/mol. The van der Waals surface area contributed by atoms with E-state index in [1.165, 1.54) is 38.5 Å². The Bertz CT molecular complexity index is 2110. The zero-order valence-corrected chi connectivity index (χ0v) is 28.8. The van der Waals surface area contributed by atoms with Crippen molar-refractivity contribution in [2.75, 3.05) is 14.2 Å². The molecule has 13 heteroatoms. The van der Waals surface area contributed by atoms with E-state index in [2.05, 4.69) is 5.32 Å². The molecule has 51 heavy (non-hydrogen) atoms. The minimum Gasteiger partial charge on any atom is -0.485 e. The molecule has 13 nitrogen and oxygen atoms in total. The summed E-state index contributed by atoms with van der Waals surface area (Å²) < 4.78 is 26.6. The highest BCUT2D eigenvalue weighted by Crippen LogP contribution is 2.42. The van der Waals surface area contributed by atoms with Crippen LogP contribution in [0.4, 0.5) is 5.69 Å². The summed E-state index contributed by atoms with van der Waals surface area (Å²) in [6.07, 6.45) is 0.285. The topological polar surface area (TPSA) is 174 Å². The molecule has 0 spiro atoms. The highest BCUT2D eigenvalue weighted by molar-refractivity contribution is 6.00. The van der Waals surface area contributed by atoms with E-state index in [1.54, 1.807) is 56.3 Å². The Morgan fingerprint density at radius 2 is 1.47 bits per heavy atom. The third-order valence-electron chi connectivity index (χ3n) is 8.63. The average Bonchev–Trinajstić information content (AvgIpc) is 3.54. The van der Waals surface area contributed by atoms with Crippen LogP contribution in [0.5, 0.6) is 5.75 Å². The Hall–Kier alpha value is -6.24. The van der Waals surface area contributed by atoms with Crippen molar-refractivity contribution >= 4 is 34.6 Å². The molecule has 1 aromatic heterocycles. The molecule has 1 unspecified atom stereocenters. The number of para-hydroxylation sites is 1. The summed E-state index contributed by atoms with van der Waals surface area (Å²) in [5, 5.41) is 15.2. The SMILES string of the molecule is CC(C)(OC(=O)c1ccccc1)C1Cc2cc3ccc(=O)oc3cc2O1.COC(=O)C1=C(C)NC(C)=C(C(=O)OC)C1c1ccccc1[N+](=O)[O-]. The molecule has 2 aliphatic heterocycles. The summed E-state index contributed by atoms with van der Waals surface area (Å²) >= 11 is 0. The molecule has 0 aliphatic carbocycles. The number of allylic oxidation sites excluding steroid dienone is 2. The number of carbonyl (C=O) groups is 3. The van der Waals surface area contributed by atoms with Crippen molar-refractivity contribution in [3.63, 3.8) is 0 Å². The number of carbonyl (C=O) groups excluding carboxylic acids is 3. The molecule has 0 bridgehead atoms. The summed E-state index contributed by atoms with van der Waals surface area (Å²) in [5.41, 5.74) is 1.96. The number of benzene rings is 3. The third-order valence-corrected chi connectivity index (χ3v) is 8.63. The van der Waals surface area contributed by atoms with E-state index >= 15 is 0 Å². The number of nitrogens with zero attached hydrogens (tertiary/aromatic N) is 1. The summed E-state index contributed by atoms with van der Waals surface area (Å²) in [7, 11) is 2.42. The smallest absolute Gasteiger partial charge is 0.338 e. The first-order chi connectivity index (χ1) is 24.2. The molecular formula is C38H36N2O11. The number of fused-ring (bicyclic) bond motifs is 2. The zero-order valence-electron chi connectivity index (χ0n) is 28.8. The van der Waals surface area contributed by atoms with Gasteiger partial charge in [-0.05, 0) is 57.5 Å². The number of hydrogen-bond acceptors (Lipinski definition) is 12. The van der Waals surface area contributed by atoms with E-state index in [9.17, 15) is 29.3 Å². The maximum absolute atomic E-state index is 12.4. The first-order valence-corrected chi connectivity index (χ1v) is 15.9. The van der Waals surface area contributed by atoms with Crippen molar-refractivity contribution < 1.29 is 42.7 Å². The van der Waals surface area contributed by atoms with Crippen LogP contribution >= 0.6 is 0 Å². The van der Waals surface area contributed by atoms with Gasteiger partial charge in [-0.15, -0.1) is 0 Å². The van der Waals surface area contributed by atoms with E-state index < -0.39 is 34.0 Å². The number of nitro benzene ring substituents is 1. The van der Waals surface area contributed by atoms with Crippen molar-refractivity contribution in [1.29, 1.82) is 0 Å². The molecule has 0 amide bonds. The molecule has 3 heterocycles. The van der Waals surface area contributed by atoms with Crippen LogP contribution in [0.25, 0.3) is 11.0 Å². The van der Waals surface area contributed by atoms with Gasteiger partial charge in [-0.3, -0.25) is 10.1 Å². The van der Waals surface area contributed by atoms with Crippen LogP contribution in [0.3, 0.4) is 0 Å². The fourth-order valence-corrected chi connectivity index (χ4v) is 6.10. The largest absolute Gasteiger partial charge is 0.485 e. The number of ether oxygens (including phenoxy) is 4. The molecule has 0 saturated carbocycles. The van der Waals surface area contributed by atoms with Gasteiger partial charge in [-0.2, -0.15) is 0 Å². The van der Waals surface area contributed by atoms with E-state index in [0.717, 1.165) is 10.9 Å². The standard InChI is InChI=1S/C21H18O5.C17H18N2O6/c1-21(2,26-20(23)13-6-4-3-5-7-13)18-11-15-10-14-8-9-19(22)25-16(14)12-17(15)24-18;1-9-13(16(20)24-3)15(14(10(2)18-9)17(21)25-4)11-7-5-6-8-12(11)19(22)23/h3-10,12,18H,11H2,1-2H3;5-8,15,18H,1-4H3. The number of esters is 3. The Labute approximate surface area is 292 Å². The summed E-state index contributed by atoms with van der Waals surface area (Å²) in [4.78, 5) is 59.4. The van der Waals surface area contributed by atoms with Gasteiger partial charge in [0, 0.05) is 47.0 Å². The quantitative estimate of drug-likeness (QED) is 0.0797. The molecule has 1 N–H and O–H groups in total. The molecule has 6 rings (SSSR count).